The lowest BCUT2D eigenvalue weighted by atomic mass is 9.89. The van der Waals surface area contributed by atoms with Crippen molar-refractivity contribution < 1.29 is 0 Å². The zero-order valence-corrected chi connectivity index (χ0v) is 32.4. The highest BCUT2D eigenvalue weighted by Gasteiger charge is 2.15. The molecule has 0 saturated carbocycles. The molecule has 0 amide bonds. The largest absolute Gasteiger partial charge is 0.208 e. The van der Waals surface area contributed by atoms with Gasteiger partial charge in [-0.15, -0.1) is 0 Å². The molecular formula is C56H34N4. The van der Waals surface area contributed by atoms with E-state index in [2.05, 4.69) is 146 Å². The van der Waals surface area contributed by atoms with E-state index in [4.69, 9.17) is 15.0 Å². The van der Waals surface area contributed by atoms with Gasteiger partial charge in [-0.1, -0.05) is 170 Å². The molecule has 11 aromatic rings. The summed E-state index contributed by atoms with van der Waals surface area (Å²) < 4.78 is 0. The zero-order chi connectivity index (χ0) is 40.0. The highest BCUT2D eigenvalue weighted by molar-refractivity contribution is 6.20. The molecule has 0 N–H and O–H groups in total. The van der Waals surface area contributed by atoms with Crippen LogP contribution < -0.4 is 0 Å². The number of benzene rings is 10. The van der Waals surface area contributed by atoms with Crippen LogP contribution in [0.15, 0.2) is 206 Å². The summed E-state index contributed by atoms with van der Waals surface area (Å²) >= 11 is 0. The Morgan fingerprint density at radius 2 is 0.783 bits per heavy atom. The van der Waals surface area contributed by atoms with Crippen molar-refractivity contribution in [3.05, 3.63) is 212 Å². The van der Waals surface area contributed by atoms with Gasteiger partial charge in [0.25, 0.3) is 0 Å². The second-order valence-corrected chi connectivity index (χ2v) is 15.2. The Kier molecular flexibility index (Phi) is 8.50. The predicted octanol–water partition coefficient (Wildman–Crippen LogP) is 14.4. The average Bonchev–Trinajstić information content (AvgIpc) is 3.33. The zero-order valence-electron chi connectivity index (χ0n) is 32.4. The number of rotatable bonds is 6. The van der Waals surface area contributed by atoms with Gasteiger partial charge in [0.1, 0.15) is 0 Å². The van der Waals surface area contributed by atoms with Crippen LogP contribution >= 0.6 is 0 Å². The molecule has 60 heavy (non-hydrogen) atoms. The minimum atomic E-state index is 0.595. The topological polar surface area (TPSA) is 62.5 Å². The van der Waals surface area contributed by atoms with Crippen molar-refractivity contribution in [2.75, 3.05) is 0 Å². The Balaban J connectivity index is 0.943. The van der Waals surface area contributed by atoms with Crippen LogP contribution in [0.4, 0.5) is 0 Å². The molecule has 0 unspecified atom stereocenters. The highest BCUT2D eigenvalue weighted by Crippen LogP contribution is 2.40. The number of hydrogen-bond donors (Lipinski definition) is 0. The van der Waals surface area contributed by atoms with Gasteiger partial charge in [0.05, 0.1) is 11.6 Å². The molecule has 4 nitrogen and oxygen atoms in total. The van der Waals surface area contributed by atoms with E-state index in [0.717, 1.165) is 38.9 Å². The molecule has 1 aromatic heterocycles. The number of fused-ring (bicyclic) bond motifs is 5. The maximum Gasteiger partial charge on any atom is 0.164 e. The summed E-state index contributed by atoms with van der Waals surface area (Å²) in [4.78, 5) is 15.0. The van der Waals surface area contributed by atoms with Gasteiger partial charge in [-0.3, -0.25) is 0 Å². The van der Waals surface area contributed by atoms with Crippen LogP contribution in [0.25, 0.3) is 111 Å². The second kappa shape index (κ2) is 14.6. The summed E-state index contributed by atoms with van der Waals surface area (Å²) in [5.74, 6) is 1.81. The maximum atomic E-state index is 9.28. The molecule has 0 saturated heterocycles. The van der Waals surface area contributed by atoms with Gasteiger partial charge in [0.15, 0.2) is 17.5 Å². The Hall–Kier alpha value is -8.26. The van der Waals surface area contributed by atoms with E-state index >= 15 is 0 Å². The molecule has 10 aromatic carbocycles. The fourth-order valence-corrected chi connectivity index (χ4v) is 8.45. The summed E-state index contributed by atoms with van der Waals surface area (Å²) in [5, 5.41) is 19.2. The summed E-state index contributed by atoms with van der Waals surface area (Å²) in [6.45, 7) is 0. The van der Waals surface area contributed by atoms with Gasteiger partial charge in [-0.05, 0) is 113 Å². The number of aromatic nitrogens is 3. The normalized spacial score (nSPS) is 11.3. The fraction of sp³-hybridized carbons (Fsp3) is 0. The van der Waals surface area contributed by atoms with Crippen LogP contribution in [0.3, 0.4) is 0 Å². The standard InChI is InChI=1S/C56H34N4/c57-35-36-17-19-37(20-18-36)42-13-8-14-48(33-42)56-59-54(40-10-2-1-3-11-40)58-55(60-56)41-23-21-38(22-24-41)43-25-26-45-32-47(28-27-44(45)31-43)53-50-16-7-5-12-46(50)34-52-49-15-6-4-9-39(49)29-30-51(52)53/h1-34H. The Morgan fingerprint density at radius 1 is 0.283 bits per heavy atom. The van der Waals surface area contributed by atoms with Crippen LogP contribution in [0, 0.1) is 11.3 Å². The molecule has 0 radical (unpaired) electrons. The quantitative estimate of drug-likeness (QED) is 0.125. The molecule has 0 fully saturated rings. The first-order valence-corrected chi connectivity index (χ1v) is 20.1. The predicted molar refractivity (Wildman–Crippen MR) is 247 cm³/mol. The molecule has 0 atom stereocenters. The van der Waals surface area contributed by atoms with Gasteiger partial charge < -0.3 is 0 Å². The number of nitrogens with zero attached hydrogens (tertiary/aromatic N) is 4. The molecule has 4 heteroatoms. The minimum absolute atomic E-state index is 0.595. The monoisotopic (exact) mass is 762 g/mol. The Morgan fingerprint density at radius 3 is 1.52 bits per heavy atom. The third kappa shape index (κ3) is 6.32. The van der Waals surface area contributed by atoms with E-state index in [9.17, 15) is 5.26 Å². The molecule has 1 heterocycles. The van der Waals surface area contributed by atoms with Crippen LogP contribution in [0.1, 0.15) is 5.56 Å². The number of hydrogen-bond acceptors (Lipinski definition) is 4. The summed E-state index contributed by atoms with van der Waals surface area (Å²) in [6, 6.07) is 74.4. The van der Waals surface area contributed by atoms with Gasteiger partial charge >= 0.3 is 0 Å². The van der Waals surface area contributed by atoms with Gasteiger partial charge in [0, 0.05) is 16.7 Å². The van der Waals surface area contributed by atoms with Gasteiger partial charge in [-0.2, -0.15) is 5.26 Å². The van der Waals surface area contributed by atoms with Crippen molar-refractivity contribution in [3.8, 4) is 73.6 Å². The molecule has 0 aliphatic rings. The Labute approximate surface area is 347 Å². The van der Waals surface area contributed by atoms with Crippen molar-refractivity contribution >= 4 is 43.1 Å². The summed E-state index contributed by atoms with van der Waals surface area (Å²) in [5.41, 5.74) is 10.1. The minimum Gasteiger partial charge on any atom is -0.208 e. The first kappa shape index (κ1) is 34.9. The smallest absolute Gasteiger partial charge is 0.164 e. The summed E-state index contributed by atoms with van der Waals surface area (Å²) in [7, 11) is 0. The van der Waals surface area contributed by atoms with E-state index in [-0.39, 0.29) is 0 Å². The molecule has 0 bridgehead atoms. The molecule has 0 aliphatic heterocycles. The van der Waals surface area contributed by atoms with Crippen molar-refractivity contribution in [2.45, 2.75) is 0 Å². The van der Waals surface area contributed by atoms with E-state index in [1.54, 1.807) is 0 Å². The lowest BCUT2D eigenvalue weighted by molar-refractivity contribution is 1.07. The first-order chi connectivity index (χ1) is 29.6. The second-order valence-electron chi connectivity index (χ2n) is 15.2. The van der Waals surface area contributed by atoms with Crippen LogP contribution in [-0.2, 0) is 0 Å². The van der Waals surface area contributed by atoms with Crippen LogP contribution in [0.5, 0.6) is 0 Å². The van der Waals surface area contributed by atoms with Gasteiger partial charge in [-0.25, -0.2) is 15.0 Å². The highest BCUT2D eigenvalue weighted by atomic mass is 15.0. The van der Waals surface area contributed by atoms with Crippen LogP contribution in [-0.4, -0.2) is 15.0 Å². The van der Waals surface area contributed by atoms with Crippen molar-refractivity contribution in [1.29, 1.82) is 5.26 Å². The first-order valence-electron chi connectivity index (χ1n) is 20.1. The van der Waals surface area contributed by atoms with Crippen molar-refractivity contribution in [3.63, 3.8) is 0 Å². The average molecular weight is 763 g/mol. The third-order valence-electron chi connectivity index (χ3n) is 11.5. The molecule has 0 spiro atoms. The molecule has 0 aliphatic carbocycles. The van der Waals surface area contributed by atoms with E-state index < -0.39 is 0 Å². The lowest BCUT2D eigenvalue weighted by Crippen LogP contribution is -2.00. The number of nitriles is 1. The van der Waals surface area contributed by atoms with Crippen molar-refractivity contribution in [1.82, 2.24) is 15.0 Å². The van der Waals surface area contributed by atoms with E-state index in [1.165, 1.54) is 54.2 Å². The van der Waals surface area contributed by atoms with Crippen LogP contribution in [0.2, 0.25) is 0 Å². The van der Waals surface area contributed by atoms with E-state index in [1.807, 2.05) is 66.7 Å². The molecular weight excluding hydrogens is 729 g/mol. The van der Waals surface area contributed by atoms with Crippen molar-refractivity contribution in [2.24, 2.45) is 0 Å². The molecule has 278 valence electrons. The fourth-order valence-electron chi connectivity index (χ4n) is 8.45. The third-order valence-corrected chi connectivity index (χ3v) is 11.5. The molecule has 11 rings (SSSR count). The maximum absolute atomic E-state index is 9.28. The summed E-state index contributed by atoms with van der Waals surface area (Å²) in [6.07, 6.45) is 0. The Bertz CT molecular complexity index is 3480. The van der Waals surface area contributed by atoms with E-state index in [0.29, 0.717) is 23.0 Å². The SMILES string of the molecule is N#Cc1ccc(-c2cccc(-c3nc(-c4ccccc4)nc(-c4ccc(-c5ccc6cc(-c7c8ccccc8cc8c7ccc7ccccc78)ccc6c5)cc4)n3)c2)cc1. The van der Waals surface area contributed by atoms with Gasteiger partial charge in [0.2, 0.25) is 0 Å². The lowest BCUT2D eigenvalue weighted by Gasteiger charge is -2.15.